The molecule has 2 aromatic carbocycles. The summed E-state index contributed by atoms with van der Waals surface area (Å²) in [6, 6.07) is 14.7. The molecule has 0 bridgehead atoms. The summed E-state index contributed by atoms with van der Waals surface area (Å²) in [5.41, 5.74) is 2.95. The van der Waals surface area contributed by atoms with E-state index in [1.54, 1.807) is 18.4 Å². The van der Waals surface area contributed by atoms with E-state index in [1.807, 2.05) is 37.3 Å². The Labute approximate surface area is 117 Å². The van der Waals surface area contributed by atoms with E-state index in [2.05, 4.69) is 5.32 Å². The van der Waals surface area contributed by atoms with Crippen LogP contribution >= 0.6 is 0 Å². The molecule has 2 nitrogen and oxygen atoms in total. The summed E-state index contributed by atoms with van der Waals surface area (Å²) in [5.74, 6) is -0.204. The highest BCUT2D eigenvalue weighted by Gasteiger charge is 2.09. The fourth-order valence-corrected chi connectivity index (χ4v) is 2.33. The first-order valence-electron chi connectivity index (χ1n) is 6.68. The van der Waals surface area contributed by atoms with Gasteiger partial charge in [-0.15, -0.1) is 0 Å². The molecule has 1 aromatic heterocycles. The second kappa shape index (κ2) is 5.47. The topological polar surface area (TPSA) is 25.2 Å². The lowest BCUT2D eigenvalue weighted by Gasteiger charge is -2.13. The number of rotatable bonds is 4. The first kappa shape index (κ1) is 12.9. The predicted molar refractivity (Wildman–Crippen MR) is 77.9 cm³/mol. The second-order valence-corrected chi connectivity index (χ2v) is 4.91. The summed E-state index contributed by atoms with van der Waals surface area (Å²) >= 11 is 0. The third-order valence-electron chi connectivity index (χ3n) is 3.51. The van der Waals surface area contributed by atoms with Crippen LogP contribution in [0.2, 0.25) is 0 Å². The van der Waals surface area contributed by atoms with Gasteiger partial charge in [0.15, 0.2) is 0 Å². The number of nitrogens with one attached hydrogen (secondary N) is 1. The van der Waals surface area contributed by atoms with Crippen molar-refractivity contribution in [2.45, 2.75) is 19.5 Å². The molecule has 0 saturated heterocycles. The molecule has 3 rings (SSSR count). The third-order valence-corrected chi connectivity index (χ3v) is 3.51. The molecule has 3 aromatic rings. The Morgan fingerprint density at radius 3 is 2.85 bits per heavy atom. The highest BCUT2D eigenvalue weighted by Crippen LogP contribution is 2.21. The van der Waals surface area contributed by atoms with Gasteiger partial charge in [-0.25, -0.2) is 4.39 Å². The predicted octanol–water partition coefficient (Wildman–Crippen LogP) is 4.42. The molecule has 0 radical (unpaired) electrons. The van der Waals surface area contributed by atoms with Gasteiger partial charge in [-0.1, -0.05) is 30.3 Å². The number of halogens is 1. The maximum Gasteiger partial charge on any atom is 0.134 e. The van der Waals surface area contributed by atoms with Crippen LogP contribution in [0, 0.1) is 5.82 Å². The lowest BCUT2D eigenvalue weighted by molar-refractivity contribution is 0.556. The monoisotopic (exact) mass is 269 g/mol. The number of fused-ring (bicyclic) bond motifs is 1. The van der Waals surface area contributed by atoms with Gasteiger partial charge < -0.3 is 9.73 Å². The molecule has 1 N–H and O–H groups in total. The van der Waals surface area contributed by atoms with Crippen LogP contribution in [0.4, 0.5) is 4.39 Å². The van der Waals surface area contributed by atoms with E-state index in [9.17, 15) is 4.39 Å². The van der Waals surface area contributed by atoms with Gasteiger partial charge in [0.1, 0.15) is 11.4 Å². The zero-order chi connectivity index (χ0) is 13.9. The maximum absolute atomic E-state index is 13.2. The van der Waals surface area contributed by atoms with Crippen molar-refractivity contribution >= 4 is 11.0 Å². The van der Waals surface area contributed by atoms with Crippen molar-refractivity contribution < 1.29 is 8.81 Å². The maximum atomic E-state index is 13.2. The van der Waals surface area contributed by atoms with Crippen LogP contribution in [0.25, 0.3) is 11.0 Å². The largest absolute Gasteiger partial charge is 0.464 e. The average Bonchev–Trinajstić information content (AvgIpc) is 2.88. The van der Waals surface area contributed by atoms with Gasteiger partial charge in [-0.3, -0.25) is 0 Å². The molecular formula is C17H16FNO. The van der Waals surface area contributed by atoms with Gasteiger partial charge in [-0.05, 0) is 30.7 Å². The standard InChI is InChI=1S/C17H16FNO/c1-12(13-5-4-6-15(18)9-13)19-10-14-11-20-17-8-3-2-7-16(14)17/h2-9,11-12,19H,10H2,1H3/t12-/m0/s1. The van der Waals surface area contributed by atoms with E-state index >= 15 is 0 Å². The Kier molecular flexibility index (Phi) is 3.52. The van der Waals surface area contributed by atoms with E-state index in [0.29, 0.717) is 6.54 Å². The highest BCUT2D eigenvalue weighted by atomic mass is 19.1. The summed E-state index contributed by atoms with van der Waals surface area (Å²) in [5, 5.41) is 4.51. The second-order valence-electron chi connectivity index (χ2n) is 4.91. The molecule has 102 valence electrons. The smallest absolute Gasteiger partial charge is 0.134 e. The molecule has 3 heteroatoms. The molecule has 1 atom stereocenters. The van der Waals surface area contributed by atoms with Crippen molar-refractivity contribution in [1.29, 1.82) is 0 Å². The summed E-state index contributed by atoms with van der Waals surface area (Å²) in [7, 11) is 0. The third kappa shape index (κ3) is 2.58. The van der Waals surface area contributed by atoms with Crippen LogP contribution in [0.5, 0.6) is 0 Å². The number of benzene rings is 2. The van der Waals surface area contributed by atoms with E-state index in [4.69, 9.17) is 4.42 Å². The van der Waals surface area contributed by atoms with Gasteiger partial charge in [0.05, 0.1) is 6.26 Å². The van der Waals surface area contributed by atoms with Gasteiger partial charge >= 0.3 is 0 Å². The van der Waals surface area contributed by atoms with Crippen LogP contribution < -0.4 is 5.32 Å². The summed E-state index contributed by atoms with van der Waals surface area (Å²) in [4.78, 5) is 0. The van der Waals surface area contributed by atoms with E-state index in [1.165, 1.54) is 6.07 Å². The molecule has 1 heterocycles. The van der Waals surface area contributed by atoms with Gasteiger partial charge in [0, 0.05) is 23.5 Å². The lowest BCUT2D eigenvalue weighted by Crippen LogP contribution is -2.17. The molecule has 20 heavy (non-hydrogen) atoms. The molecule has 0 aliphatic carbocycles. The first-order chi connectivity index (χ1) is 9.74. The minimum Gasteiger partial charge on any atom is -0.464 e. The zero-order valence-electron chi connectivity index (χ0n) is 11.3. The summed E-state index contributed by atoms with van der Waals surface area (Å²) < 4.78 is 18.7. The molecule has 0 spiro atoms. The minimum atomic E-state index is -0.204. The molecule has 0 amide bonds. The van der Waals surface area contributed by atoms with Crippen molar-refractivity contribution in [2.75, 3.05) is 0 Å². The SMILES string of the molecule is C[C@H](NCc1coc2ccccc12)c1cccc(F)c1. The first-order valence-corrected chi connectivity index (χ1v) is 6.68. The molecule has 0 aliphatic heterocycles. The van der Waals surface area contributed by atoms with E-state index < -0.39 is 0 Å². The van der Waals surface area contributed by atoms with Crippen molar-refractivity contribution in [3.8, 4) is 0 Å². The Morgan fingerprint density at radius 1 is 1.15 bits per heavy atom. The van der Waals surface area contributed by atoms with E-state index in [0.717, 1.165) is 22.1 Å². The Balaban J connectivity index is 1.73. The van der Waals surface area contributed by atoms with E-state index in [-0.39, 0.29) is 11.9 Å². The van der Waals surface area contributed by atoms with Crippen molar-refractivity contribution in [2.24, 2.45) is 0 Å². The van der Waals surface area contributed by atoms with Crippen molar-refractivity contribution in [1.82, 2.24) is 5.32 Å². The molecular weight excluding hydrogens is 253 g/mol. The Morgan fingerprint density at radius 2 is 2.00 bits per heavy atom. The fourth-order valence-electron chi connectivity index (χ4n) is 2.33. The average molecular weight is 269 g/mol. The Bertz CT molecular complexity index is 720. The Hall–Kier alpha value is -2.13. The highest BCUT2D eigenvalue weighted by molar-refractivity contribution is 5.80. The van der Waals surface area contributed by atoms with Crippen LogP contribution in [-0.2, 0) is 6.54 Å². The van der Waals surface area contributed by atoms with Crippen LogP contribution in [0.3, 0.4) is 0 Å². The molecule has 0 saturated carbocycles. The zero-order valence-corrected chi connectivity index (χ0v) is 11.3. The van der Waals surface area contributed by atoms with Crippen LogP contribution in [0.1, 0.15) is 24.1 Å². The number of furan rings is 1. The van der Waals surface area contributed by atoms with Crippen LogP contribution in [-0.4, -0.2) is 0 Å². The van der Waals surface area contributed by atoms with Crippen molar-refractivity contribution in [3.05, 3.63) is 71.7 Å². The van der Waals surface area contributed by atoms with Crippen LogP contribution in [0.15, 0.2) is 59.2 Å². The fraction of sp³-hybridized carbons (Fsp3) is 0.176. The minimum absolute atomic E-state index is 0.0827. The van der Waals surface area contributed by atoms with Crippen molar-refractivity contribution in [3.63, 3.8) is 0 Å². The summed E-state index contributed by atoms with van der Waals surface area (Å²) in [6.07, 6.45) is 1.77. The number of hydrogen-bond acceptors (Lipinski definition) is 2. The van der Waals surface area contributed by atoms with Gasteiger partial charge in [0.25, 0.3) is 0 Å². The van der Waals surface area contributed by atoms with Gasteiger partial charge in [-0.2, -0.15) is 0 Å². The summed E-state index contributed by atoms with van der Waals surface area (Å²) in [6.45, 7) is 2.71. The lowest BCUT2D eigenvalue weighted by atomic mass is 10.1. The quantitative estimate of drug-likeness (QED) is 0.758. The molecule has 0 fully saturated rings. The number of hydrogen-bond donors (Lipinski definition) is 1. The molecule has 0 unspecified atom stereocenters. The molecule has 0 aliphatic rings. The normalized spacial score (nSPS) is 12.7. The van der Waals surface area contributed by atoms with Gasteiger partial charge in [0.2, 0.25) is 0 Å². The number of para-hydroxylation sites is 1.